The third-order valence-electron chi connectivity index (χ3n) is 4.36. The van der Waals surface area contributed by atoms with Crippen LogP contribution in [0.5, 0.6) is 0 Å². The molecule has 2 aromatic carbocycles. The van der Waals surface area contributed by atoms with Gasteiger partial charge in [-0.15, -0.1) is 5.10 Å². The predicted octanol–water partition coefficient (Wildman–Crippen LogP) is 2.09. The molecule has 31 heavy (non-hydrogen) atoms. The van der Waals surface area contributed by atoms with Crippen LogP contribution < -0.4 is 10.6 Å². The van der Waals surface area contributed by atoms with E-state index >= 15 is 0 Å². The summed E-state index contributed by atoms with van der Waals surface area (Å²) in [6, 6.07) is 16.7. The van der Waals surface area contributed by atoms with Crippen LogP contribution in [0.4, 0.5) is 11.6 Å². The van der Waals surface area contributed by atoms with Crippen molar-refractivity contribution in [3.63, 3.8) is 0 Å². The van der Waals surface area contributed by atoms with Crippen LogP contribution in [0.3, 0.4) is 0 Å². The Labute approximate surface area is 177 Å². The average Bonchev–Trinajstić information content (AvgIpc) is 3.21. The molecule has 2 N–H and O–H groups in total. The van der Waals surface area contributed by atoms with E-state index in [9.17, 15) is 4.79 Å². The number of aromatic nitrogens is 5. The van der Waals surface area contributed by atoms with Gasteiger partial charge in [-0.3, -0.25) is 4.79 Å². The number of ether oxygens (including phenoxy) is 1. The third kappa shape index (κ3) is 4.63. The van der Waals surface area contributed by atoms with Crippen LogP contribution in [-0.4, -0.2) is 44.6 Å². The fourth-order valence-electron chi connectivity index (χ4n) is 2.94. The lowest BCUT2D eigenvalue weighted by Crippen LogP contribution is -2.26. The van der Waals surface area contributed by atoms with Gasteiger partial charge in [0.1, 0.15) is 6.61 Å². The van der Waals surface area contributed by atoms with Crippen molar-refractivity contribution < 1.29 is 9.53 Å². The molecule has 0 atom stereocenters. The molecule has 0 saturated heterocycles. The van der Waals surface area contributed by atoms with Crippen LogP contribution in [0.2, 0.25) is 0 Å². The Morgan fingerprint density at radius 2 is 2.10 bits per heavy atom. The molecule has 0 saturated carbocycles. The second-order valence-electron chi connectivity index (χ2n) is 6.60. The van der Waals surface area contributed by atoms with Gasteiger partial charge < -0.3 is 15.4 Å². The molecule has 2 aromatic heterocycles. The standard InChI is InChI=1S/C21H18N8O2/c1-31-13-19(30)23-11-15-5-3-7-17(9-15)29-20-18(27-28-29)12-24-21(26-20)25-16-6-2-4-14(8-16)10-22/h2-9,12H,11,13H2,1H3,(H,23,30)(H,24,25,26). The highest BCUT2D eigenvalue weighted by Crippen LogP contribution is 2.19. The first-order valence-electron chi connectivity index (χ1n) is 9.37. The molecule has 0 fully saturated rings. The van der Waals surface area contributed by atoms with Crippen LogP contribution in [0.25, 0.3) is 16.9 Å². The molecule has 0 spiro atoms. The first-order valence-corrected chi connectivity index (χ1v) is 9.37. The maximum absolute atomic E-state index is 11.6. The van der Waals surface area contributed by atoms with Gasteiger partial charge >= 0.3 is 0 Å². The van der Waals surface area contributed by atoms with Gasteiger partial charge in [0.05, 0.1) is 23.5 Å². The van der Waals surface area contributed by atoms with Gasteiger partial charge in [-0.05, 0) is 35.9 Å². The summed E-state index contributed by atoms with van der Waals surface area (Å²) in [5, 5.41) is 23.3. The zero-order valence-electron chi connectivity index (χ0n) is 16.6. The van der Waals surface area contributed by atoms with E-state index in [0.717, 1.165) is 11.3 Å². The van der Waals surface area contributed by atoms with Crippen LogP contribution in [0.1, 0.15) is 11.1 Å². The highest BCUT2D eigenvalue weighted by atomic mass is 16.5. The van der Waals surface area contributed by atoms with Gasteiger partial charge in [0.2, 0.25) is 11.9 Å². The Balaban J connectivity index is 1.60. The normalized spacial score (nSPS) is 10.6. The minimum absolute atomic E-state index is 0.0113. The Hall–Kier alpha value is -4.36. The van der Waals surface area contributed by atoms with Gasteiger partial charge in [-0.2, -0.15) is 14.9 Å². The predicted molar refractivity (Wildman–Crippen MR) is 113 cm³/mol. The number of amides is 1. The topological polar surface area (TPSA) is 131 Å². The number of anilines is 2. The first kappa shape index (κ1) is 19.9. The zero-order chi connectivity index (χ0) is 21.6. The summed E-state index contributed by atoms with van der Waals surface area (Å²) in [5.41, 5.74) is 3.94. The number of nitriles is 1. The number of fused-ring (bicyclic) bond motifs is 1. The molecule has 0 bridgehead atoms. The van der Waals surface area contributed by atoms with Crippen LogP contribution >= 0.6 is 0 Å². The SMILES string of the molecule is COCC(=O)NCc1cccc(-n2nnc3cnc(Nc4cccc(C#N)c4)nc32)c1. The number of hydrogen-bond acceptors (Lipinski definition) is 8. The monoisotopic (exact) mass is 414 g/mol. The number of nitrogens with zero attached hydrogens (tertiary/aromatic N) is 6. The van der Waals surface area contributed by atoms with Crippen LogP contribution in [-0.2, 0) is 16.1 Å². The number of benzene rings is 2. The molecule has 0 aliphatic heterocycles. The van der Waals surface area contributed by atoms with E-state index in [1.807, 2.05) is 30.3 Å². The number of carbonyl (C=O) groups is 1. The fourth-order valence-corrected chi connectivity index (χ4v) is 2.94. The van der Waals surface area contributed by atoms with E-state index < -0.39 is 0 Å². The van der Waals surface area contributed by atoms with Crippen molar-refractivity contribution in [2.75, 3.05) is 19.0 Å². The molecule has 4 aromatic rings. The van der Waals surface area contributed by atoms with Crippen molar-refractivity contribution in [1.29, 1.82) is 5.26 Å². The van der Waals surface area contributed by atoms with E-state index in [4.69, 9.17) is 10.00 Å². The van der Waals surface area contributed by atoms with Crippen molar-refractivity contribution in [1.82, 2.24) is 30.3 Å². The molecule has 4 rings (SSSR count). The first-order chi connectivity index (χ1) is 15.2. The molecular weight excluding hydrogens is 396 g/mol. The molecule has 2 heterocycles. The number of carbonyl (C=O) groups excluding carboxylic acids is 1. The van der Waals surface area contributed by atoms with Gasteiger partial charge in [0.15, 0.2) is 11.2 Å². The van der Waals surface area contributed by atoms with Gasteiger partial charge in [0.25, 0.3) is 0 Å². The van der Waals surface area contributed by atoms with Crippen molar-refractivity contribution in [3.05, 3.63) is 65.9 Å². The van der Waals surface area contributed by atoms with Crippen molar-refractivity contribution in [2.24, 2.45) is 0 Å². The van der Waals surface area contributed by atoms with Gasteiger partial charge in [-0.25, -0.2) is 4.98 Å². The van der Waals surface area contributed by atoms with E-state index in [0.29, 0.717) is 34.9 Å². The van der Waals surface area contributed by atoms with Crippen molar-refractivity contribution in [3.8, 4) is 11.8 Å². The number of rotatable bonds is 7. The lowest BCUT2D eigenvalue weighted by Gasteiger charge is -2.08. The summed E-state index contributed by atoms with van der Waals surface area (Å²) >= 11 is 0. The molecule has 10 nitrogen and oxygen atoms in total. The second kappa shape index (κ2) is 8.98. The molecule has 0 aliphatic carbocycles. The summed E-state index contributed by atoms with van der Waals surface area (Å²) in [6.07, 6.45) is 1.58. The molecule has 0 unspecified atom stereocenters. The summed E-state index contributed by atoms with van der Waals surface area (Å²) in [6.45, 7) is 0.372. The van der Waals surface area contributed by atoms with Crippen molar-refractivity contribution in [2.45, 2.75) is 6.54 Å². The minimum Gasteiger partial charge on any atom is -0.375 e. The second-order valence-corrected chi connectivity index (χ2v) is 6.60. The smallest absolute Gasteiger partial charge is 0.246 e. The summed E-state index contributed by atoms with van der Waals surface area (Å²) in [7, 11) is 1.47. The maximum atomic E-state index is 11.6. The molecular formula is C21H18N8O2. The zero-order valence-corrected chi connectivity index (χ0v) is 16.6. The Morgan fingerprint density at radius 3 is 2.94 bits per heavy atom. The number of hydrogen-bond donors (Lipinski definition) is 2. The Kier molecular flexibility index (Phi) is 5.77. The van der Waals surface area contributed by atoms with E-state index in [-0.39, 0.29) is 12.5 Å². The van der Waals surface area contributed by atoms with E-state index in [2.05, 4.69) is 37.0 Å². The Bertz CT molecular complexity index is 1280. The lowest BCUT2D eigenvalue weighted by atomic mass is 10.2. The number of nitrogens with one attached hydrogen (secondary N) is 2. The molecule has 154 valence electrons. The van der Waals surface area contributed by atoms with Crippen LogP contribution in [0.15, 0.2) is 54.7 Å². The number of methoxy groups -OCH3 is 1. The molecule has 0 radical (unpaired) electrons. The fraction of sp³-hybridized carbons (Fsp3) is 0.143. The molecule has 0 aliphatic rings. The van der Waals surface area contributed by atoms with Gasteiger partial charge in [0, 0.05) is 19.3 Å². The molecule has 1 amide bonds. The highest BCUT2D eigenvalue weighted by molar-refractivity contribution is 5.77. The van der Waals surface area contributed by atoms with E-state index in [1.54, 1.807) is 29.1 Å². The molecule has 10 heteroatoms. The third-order valence-corrected chi connectivity index (χ3v) is 4.36. The average molecular weight is 414 g/mol. The van der Waals surface area contributed by atoms with Crippen molar-refractivity contribution >= 4 is 28.7 Å². The lowest BCUT2D eigenvalue weighted by molar-refractivity contribution is -0.124. The summed E-state index contributed by atoms with van der Waals surface area (Å²) in [5.74, 6) is 0.164. The summed E-state index contributed by atoms with van der Waals surface area (Å²) in [4.78, 5) is 20.4. The minimum atomic E-state index is -0.192. The maximum Gasteiger partial charge on any atom is 0.246 e. The quantitative estimate of drug-likeness (QED) is 0.470. The largest absolute Gasteiger partial charge is 0.375 e. The summed E-state index contributed by atoms with van der Waals surface area (Å²) < 4.78 is 6.42. The van der Waals surface area contributed by atoms with Gasteiger partial charge in [-0.1, -0.05) is 23.4 Å². The van der Waals surface area contributed by atoms with Crippen LogP contribution in [0, 0.1) is 11.3 Å². The Morgan fingerprint density at radius 1 is 1.23 bits per heavy atom. The highest BCUT2D eigenvalue weighted by Gasteiger charge is 2.11. The van der Waals surface area contributed by atoms with E-state index in [1.165, 1.54) is 7.11 Å².